The molecule has 0 aromatic carbocycles. The standard InChI is InChI=1S/C55H106O17P2/c1-7-9-11-13-14-15-16-17-18-27-33-39-54(59)71-51(44-66-53(58)38-32-26-21-19-24-29-35-47(3)4)46-70-74(63,64)68-42-49(56)41-67-73(61,62)69-45-50(43-65-52(57)37-31-23-12-10-8-2)72-55(60)40-34-28-22-20-25-30-36-48(5)6/h47-51,56H,7-46H2,1-6H3,(H,61,62)(H,63,64)/t49-,50+,51+/m0/s1. The molecule has 0 aromatic rings. The number of phosphoric acid groups is 2. The minimum Gasteiger partial charge on any atom is -0.462 e. The number of aliphatic hydroxyl groups is 1. The Morgan fingerprint density at radius 2 is 0.622 bits per heavy atom. The lowest BCUT2D eigenvalue weighted by atomic mass is 10.0. The molecular weight excluding hydrogens is 995 g/mol. The number of esters is 4. The van der Waals surface area contributed by atoms with E-state index in [1.54, 1.807) is 0 Å². The average Bonchev–Trinajstić information content (AvgIpc) is 3.35. The monoisotopic (exact) mass is 1100 g/mol. The number of carbonyl (C=O) groups is 4. The Bertz CT molecular complexity index is 1480. The Hall–Kier alpha value is -1.94. The molecule has 438 valence electrons. The first kappa shape index (κ1) is 72.1. The van der Waals surface area contributed by atoms with Crippen molar-refractivity contribution in [2.45, 2.75) is 278 Å². The first-order valence-corrected chi connectivity index (χ1v) is 32.0. The molecule has 74 heavy (non-hydrogen) atoms. The molecule has 0 amide bonds. The fourth-order valence-electron chi connectivity index (χ4n) is 7.94. The second-order valence-electron chi connectivity index (χ2n) is 20.9. The fraction of sp³-hybridized carbons (Fsp3) is 0.927. The number of ether oxygens (including phenoxy) is 4. The molecule has 0 aliphatic carbocycles. The molecule has 0 bridgehead atoms. The largest absolute Gasteiger partial charge is 0.472 e. The number of unbranched alkanes of at least 4 members (excludes halogenated alkanes) is 24. The highest BCUT2D eigenvalue weighted by molar-refractivity contribution is 7.47. The molecule has 0 saturated carbocycles. The van der Waals surface area contributed by atoms with Crippen LogP contribution in [0.2, 0.25) is 0 Å². The van der Waals surface area contributed by atoms with Crippen LogP contribution in [0.1, 0.15) is 260 Å². The van der Waals surface area contributed by atoms with Gasteiger partial charge in [0, 0.05) is 25.7 Å². The molecule has 0 aliphatic heterocycles. The molecule has 0 heterocycles. The molecule has 17 nitrogen and oxygen atoms in total. The first-order valence-electron chi connectivity index (χ1n) is 29.0. The molecule has 5 atom stereocenters. The number of rotatable bonds is 54. The molecule has 0 saturated heterocycles. The first-order chi connectivity index (χ1) is 35.4. The van der Waals surface area contributed by atoms with Gasteiger partial charge in [0.15, 0.2) is 12.2 Å². The van der Waals surface area contributed by atoms with Gasteiger partial charge >= 0.3 is 39.5 Å². The van der Waals surface area contributed by atoms with Crippen molar-refractivity contribution in [1.82, 2.24) is 0 Å². The summed E-state index contributed by atoms with van der Waals surface area (Å²) in [6.07, 6.45) is 27.3. The van der Waals surface area contributed by atoms with E-state index in [1.807, 2.05) is 0 Å². The third-order valence-corrected chi connectivity index (χ3v) is 14.4. The third-order valence-electron chi connectivity index (χ3n) is 12.5. The fourth-order valence-corrected chi connectivity index (χ4v) is 9.52. The lowest BCUT2D eigenvalue weighted by Crippen LogP contribution is -2.30. The van der Waals surface area contributed by atoms with Gasteiger partial charge in [0.2, 0.25) is 0 Å². The van der Waals surface area contributed by atoms with Crippen molar-refractivity contribution in [3.05, 3.63) is 0 Å². The van der Waals surface area contributed by atoms with Gasteiger partial charge in [-0.15, -0.1) is 0 Å². The summed E-state index contributed by atoms with van der Waals surface area (Å²) in [5.41, 5.74) is 0. The van der Waals surface area contributed by atoms with E-state index in [4.69, 9.17) is 37.0 Å². The molecule has 0 spiro atoms. The summed E-state index contributed by atoms with van der Waals surface area (Å²) < 4.78 is 67.3. The minimum atomic E-state index is -4.93. The second kappa shape index (κ2) is 48.2. The van der Waals surface area contributed by atoms with Crippen LogP contribution in [0.25, 0.3) is 0 Å². The van der Waals surface area contributed by atoms with Crippen LogP contribution in [0.5, 0.6) is 0 Å². The summed E-state index contributed by atoms with van der Waals surface area (Å²) >= 11 is 0. The van der Waals surface area contributed by atoms with Crippen molar-refractivity contribution in [2.24, 2.45) is 11.8 Å². The van der Waals surface area contributed by atoms with Crippen LogP contribution in [0.3, 0.4) is 0 Å². The minimum absolute atomic E-state index is 0.101. The Morgan fingerprint density at radius 3 is 0.919 bits per heavy atom. The van der Waals surface area contributed by atoms with E-state index in [1.165, 1.54) is 64.2 Å². The number of phosphoric ester groups is 2. The van der Waals surface area contributed by atoms with Crippen LogP contribution in [0.4, 0.5) is 0 Å². The second-order valence-corrected chi connectivity index (χ2v) is 23.8. The summed E-state index contributed by atoms with van der Waals surface area (Å²) in [6.45, 7) is 9.15. The van der Waals surface area contributed by atoms with Crippen molar-refractivity contribution in [3.8, 4) is 0 Å². The molecule has 0 radical (unpaired) electrons. The molecule has 3 N–H and O–H groups in total. The van der Waals surface area contributed by atoms with Crippen LogP contribution in [-0.2, 0) is 65.4 Å². The van der Waals surface area contributed by atoms with Crippen molar-refractivity contribution >= 4 is 39.5 Å². The van der Waals surface area contributed by atoms with Crippen LogP contribution >= 0.6 is 15.6 Å². The highest BCUT2D eigenvalue weighted by Crippen LogP contribution is 2.45. The van der Waals surface area contributed by atoms with Gasteiger partial charge in [-0.25, -0.2) is 9.13 Å². The smallest absolute Gasteiger partial charge is 0.462 e. The van der Waals surface area contributed by atoms with Crippen LogP contribution in [-0.4, -0.2) is 96.7 Å². The summed E-state index contributed by atoms with van der Waals surface area (Å²) in [7, 11) is -9.86. The zero-order chi connectivity index (χ0) is 55.1. The van der Waals surface area contributed by atoms with E-state index in [0.717, 1.165) is 103 Å². The third kappa shape index (κ3) is 49.6. The highest BCUT2D eigenvalue weighted by Gasteiger charge is 2.30. The quantitative estimate of drug-likeness (QED) is 0.0222. The maximum atomic E-state index is 12.9. The van der Waals surface area contributed by atoms with Crippen molar-refractivity contribution in [1.29, 1.82) is 0 Å². The van der Waals surface area contributed by atoms with Gasteiger partial charge in [-0.05, 0) is 37.5 Å². The van der Waals surface area contributed by atoms with Crippen LogP contribution < -0.4 is 0 Å². The number of hydrogen-bond acceptors (Lipinski definition) is 15. The van der Waals surface area contributed by atoms with Crippen molar-refractivity contribution in [2.75, 3.05) is 39.6 Å². The van der Waals surface area contributed by atoms with Gasteiger partial charge in [0.25, 0.3) is 0 Å². The normalized spacial score (nSPS) is 14.6. The molecular formula is C55H106O17P2. The predicted octanol–water partition coefficient (Wildman–Crippen LogP) is 14.1. The molecule has 0 aromatic heterocycles. The van der Waals surface area contributed by atoms with Gasteiger partial charge < -0.3 is 33.8 Å². The van der Waals surface area contributed by atoms with E-state index in [0.29, 0.717) is 37.5 Å². The molecule has 2 unspecified atom stereocenters. The van der Waals surface area contributed by atoms with E-state index in [9.17, 15) is 43.2 Å². The summed E-state index contributed by atoms with van der Waals surface area (Å²) in [5.74, 6) is -0.814. The van der Waals surface area contributed by atoms with Crippen LogP contribution in [0.15, 0.2) is 0 Å². The van der Waals surface area contributed by atoms with E-state index in [2.05, 4.69) is 41.5 Å². The highest BCUT2D eigenvalue weighted by atomic mass is 31.2. The van der Waals surface area contributed by atoms with Crippen LogP contribution in [0, 0.1) is 11.8 Å². The number of carbonyl (C=O) groups excluding carboxylic acids is 4. The van der Waals surface area contributed by atoms with E-state index >= 15 is 0 Å². The van der Waals surface area contributed by atoms with Gasteiger partial charge in [0.1, 0.15) is 19.3 Å². The Morgan fingerprint density at radius 1 is 0.365 bits per heavy atom. The number of hydrogen-bond donors (Lipinski definition) is 3. The van der Waals surface area contributed by atoms with Gasteiger partial charge in [-0.2, -0.15) is 0 Å². The zero-order valence-corrected chi connectivity index (χ0v) is 48.9. The topological polar surface area (TPSA) is 237 Å². The molecule has 19 heteroatoms. The van der Waals surface area contributed by atoms with Gasteiger partial charge in [0.05, 0.1) is 26.4 Å². The molecule has 0 aliphatic rings. The van der Waals surface area contributed by atoms with Gasteiger partial charge in [-0.3, -0.25) is 37.3 Å². The Balaban J connectivity index is 5.19. The maximum Gasteiger partial charge on any atom is 0.472 e. The summed E-state index contributed by atoms with van der Waals surface area (Å²) in [6, 6.07) is 0. The lowest BCUT2D eigenvalue weighted by Gasteiger charge is -2.21. The lowest BCUT2D eigenvalue weighted by molar-refractivity contribution is -0.161. The molecule has 0 rings (SSSR count). The Labute approximate surface area is 447 Å². The predicted molar refractivity (Wildman–Crippen MR) is 289 cm³/mol. The summed E-state index contributed by atoms with van der Waals surface area (Å²) in [4.78, 5) is 71.4. The van der Waals surface area contributed by atoms with E-state index in [-0.39, 0.29) is 25.7 Å². The summed E-state index contributed by atoms with van der Waals surface area (Å²) in [5, 5.41) is 10.4. The Kier molecular flexibility index (Phi) is 46.9. The van der Waals surface area contributed by atoms with E-state index < -0.39 is 97.5 Å². The van der Waals surface area contributed by atoms with Crippen molar-refractivity contribution in [3.63, 3.8) is 0 Å². The average molecular weight is 1100 g/mol. The van der Waals surface area contributed by atoms with Crippen molar-refractivity contribution < 1.29 is 80.2 Å². The van der Waals surface area contributed by atoms with Gasteiger partial charge in [-0.1, -0.05) is 208 Å². The zero-order valence-electron chi connectivity index (χ0n) is 47.1. The molecule has 0 fully saturated rings. The maximum absolute atomic E-state index is 12.9. The SMILES string of the molecule is CCCCCCCCCCCCCC(=O)O[C@H](COC(=O)CCCCCCCCC(C)C)COP(=O)(O)OC[C@@H](O)COP(=O)(O)OC[C@@H](COC(=O)CCCCCCC)OC(=O)CCCCCCCCC(C)C. The number of aliphatic hydroxyl groups excluding tert-OH is 1.